The third-order valence-electron chi connectivity index (χ3n) is 3.86. The molecule has 1 fully saturated rings. The maximum atomic E-state index is 12.5. The molecule has 0 aromatic heterocycles. The Morgan fingerprint density at radius 3 is 2.19 bits per heavy atom. The molecule has 122 valence electrons. The Labute approximate surface area is 127 Å². The lowest BCUT2D eigenvalue weighted by atomic mass is 9.84. The van der Waals surface area contributed by atoms with E-state index in [-0.39, 0.29) is 24.1 Å². The molecule has 1 saturated heterocycles. The quantitative estimate of drug-likeness (QED) is 0.821. The monoisotopic (exact) mass is 318 g/mol. The molecule has 1 rings (SSSR count). The number of sulfone groups is 1. The number of piperazine rings is 1. The lowest BCUT2D eigenvalue weighted by Crippen LogP contribution is -2.66. The highest BCUT2D eigenvalue weighted by molar-refractivity contribution is 7.92. The minimum atomic E-state index is -3.24. The summed E-state index contributed by atoms with van der Waals surface area (Å²) in [7, 11) is -3.24. The zero-order valence-electron chi connectivity index (χ0n) is 13.6. The van der Waals surface area contributed by atoms with E-state index in [1.807, 2.05) is 20.8 Å². The summed E-state index contributed by atoms with van der Waals surface area (Å²) in [4.78, 5) is 25.9. The van der Waals surface area contributed by atoms with Crippen molar-refractivity contribution in [2.45, 2.75) is 58.9 Å². The van der Waals surface area contributed by atoms with Crippen molar-refractivity contribution in [1.29, 1.82) is 0 Å². The van der Waals surface area contributed by atoms with E-state index in [9.17, 15) is 18.0 Å². The molecule has 1 aliphatic rings. The Morgan fingerprint density at radius 2 is 1.76 bits per heavy atom. The Hall–Kier alpha value is -1.11. The van der Waals surface area contributed by atoms with Crippen molar-refractivity contribution >= 4 is 21.7 Å². The van der Waals surface area contributed by atoms with Crippen LogP contribution >= 0.6 is 0 Å². The van der Waals surface area contributed by atoms with E-state index in [0.717, 1.165) is 0 Å². The lowest BCUT2D eigenvalue weighted by Gasteiger charge is -2.42. The number of nitrogens with zero attached hydrogens (tertiary/aromatic N) is 1. The van der Waals surface area contributed by atoms with Gasteiger partial charge in [-0.1, -0.05) is 20.8 Å². The number of amides is 2. The van der Waals surface area contributed by atoms with Crippen LogP contribution in [0.4, 0.5) is 0 Å². The molecule has 0 aromatic carbocycles. The maximum Gasteiger partial charge on any atom is 0.246 e. The van der Waals surface area contributed by atoms with Crippen LogP contribution in [-0.2, 0) is 19.4 Å². The van der Waals surface area contributed by atoms with Gasteiger partial charge < -0.3 is 10.2 Å². The second kappa shape index (κ2) is 5.94. The van der Waals surface area contributed by atoms with Gasteiger partial charge in [0.05, 0.1) is 11.0 Å². The topological polar surface area (TPSA) is 83.6 Å². The highest BCUT2D eigenvalue weighted by Gasteiger charge is 2.43. The Morgan fingerprint density at radius 1 is 1.24 bits per heavy atom. The molecule has 0 aromatic rings. The van der Waals surface area contributed by atoms with Crippen LogP contribution in [0.25, 0.3) is 0 Å². The summed E-state index contributed by atoms with van der Waals surface area (Å²) in [5, 5.41) is 2.24. The van der Waals surface area contributed by atoms with E-state index in [1.54, 1.807) is 20.8 Å². The van der Waals surface area contributed by atoms with Gasteiger partial charge in [0.2, 0.25) is 11.8 Å². The fraction of sp³-hybridized carbons (Fsp3) is 0.857. The van der Waals surface area contributed by atoms with E-state index in [1.165, 1.54) is 4.90 Å². The normalized spacial score (nSPS) is 24.4. The average Bonchev–Trinajstić information content (AvgIpc) is 2.32. The molecule has 21 heavy (non-hydrogen) atoms. The van der Waals surface area contributed by atoms with Gasteiger partial charge in [-0.05, 0) is 26.2 Å². The molecule has 2 atom stereocenters. The van der Waals surface area contributed by atoms with Gasteiger partial charge >= 0.3 is 0 Å². The molecule has 1 heterocycles. The average molecular weight is 318 g/mol. The molecule has 0 aliphatic carbocycles. The summed E-state index contributed by atoms with van der Waals surface area (Å²) in [5.74, 6) is -0.574. The molecular weight excluding hydrogens is 292 g/mol. The number of nitrogens with one attached hydrogen (secondary N) is 1. The van der Waals surface area contributed by atoms with Crippen molar-refractivity contribution in [3.05, 3.63) is 0 Å². The first-order chi connectivity index (χ1) is 9.38. The highest BCUT2D eigenvalue weighted by atomic mass is 32.2. The molecule has 7 heteroatoms. The van der Waals surface area contributed by atoms with Gasteiger partial charge in [-0.3, -0.25) is 9.59 Å². The van der Waals surface area contributed by atoms with Crippen molar-refractivity contribution in [2.24, 2.45) is 5.41 Å². The predicted molar refractivity (Wildman–Crippen MR) is 81.5 cm³/mol. The van der Waals surface area contributed by atoms with Crippen molar-refractivity contribution in [3.8, 4) is 0 Å². The molecule has 2 unspecified atom stereocenters. The van der Waals surface area contributed by atoms with Crippen LogP contribution in [0.15, 0.2) is 0 Å². The Bertz CT molecular complexity index is 520. The van der Waals surface area contributed by atoms with E-state index in [4.69, 9.17) is 0 Å². The van der Waals surface area contributed by atoms with Crippen molar-refractivity contribution in [2.75, 3.05) is 12.3 Å². The van der Waals surface area contributed by atoms with Gasteiger partial charge in [0, 0.05) is 6.54 Å². The Kier molecular flexibility index (Phi) is 5.08. The zero-order valence-corrected chi connectivity index (χ0v) is 14.5. The molecule has 1 aliphatic heterocycles. The van der Waals surface area contributed by atoms with Crippen LogP contribution < -0.4 is 5.32 Å². The molecule has 1 N–H and O–H groups in total. The second-order valence-electron chi connectivity index (χ2n) is 6.93. The highest BCUT2D eigenvalue weighted by Crippen LogP contribution is 2.25. The lowest BCUT2D eigenvalue weighted by molar-refractivity contribution is -0.151. The molecule has 6 nitrogen and oxygen atoms in total. The van der Waals surface area contributed by atoms with E-state index >= 15 is 0 Å². The number of rotatable bonds is 4. The number of hydrogen-bond donors (Lipinski definition) is 1. The van der Waals surface area contributed by atoms with Crippen molar-refractivity contribution in [1.82, 2.24) is 10.2 Å². The van der Waals surface area contributed by atoms with Crippen LogP contribution in [0.1, 0.15) is 41.5 Å². The fourth-order valence-corrected chi connectivity index (χ4v) is 3.10. The standard InChI is InChI=1S/C14H26N2O4S/c1-9(2)21(19,20)8-7-16-10(3)12(17)15-11(13(16)18)14(4,5)6/h9-11H,7-8H2,1-6H3,(H,15,17). The maximum absolute atomic E-state index is 12.5. The molecule has 0 spiro atoms. The summed E-state index contributed by atoms with van der Waals surface area (Å²) in [6, 6.07) is -1.26. The van der Waals surface area contributed by atoms with Crippen LogP contribution in [0.2, 0.25) is 0 Å². The van der Waals surface area contributed by atoms with Gasteiger partial charge in [-0.25, -0.2) is 8.42 Å². The predicted octanol–water partition coefficient (Wildman–Crippen LogP) is 0.571. The van der Waals surface area contributed by atoms with E-state index in [0.29, 0.717) is 0 Å². The zero-order chi connectivity index (χ0) is 16.6. The van der Waals surface area contributed by atoms with Crippen LogP contribution in [0.3, 0.4) is 0 Å². The van der Waals surface area contributed by atoms with Crippen molar-refractivity contribution < 1.29 is 18.0 Å². The SMILES string of the molecule is CC1C(=O)NC(C(C)(C)C)C(=O)N1CCS(=O)(=O)C(C)C. The number of hydrogen-bond acceptors (Lipinski definition) is 4. The fourth-order valence-electron chi connectivity index (χ4n) is 2.17. The summed E-state index contributed by atoms with van der Waals surface area (Å²) in [5.41, 5.74) is -0.415. The van der Waals surface area contributed by atoms with Gasteiger partial charge in [-0.2, -0.15) is 0 Å². The second-order valence-corrected chi connectivity index (χ2v) is 9.61. The first kappa shape index (κ1) is 17.9. The smallest absolute Gasteiger partial charge is 0.246 e. The first-order valence-corrected chi connectivity index (χ1v) is 8.92. The summed E-state index contributed by atoms with van der Waals surface area (Å²) < 4.78 is 23.8. The van der Waals surface area contributed by atoms with E-state index in [2.05, 4.69) is 5.32 Å². The minimum absolute atomic E-state index is 0.0561. The largest absolute Gasteiger partial charge is 0.342 e. The Balaban J connectivity index is 2.93. The van der Waals surface area contributed by atoms with E-state index < -0.39 is 32.6 Å². The molecule has 2 amide bonds. The third-order valence-corrected chi connectivity index (χ3v) is 6.05. The summed E-state index contributed by atoms with van der Waals surface area (Å²) in [6.07, 6.45) is 0. The first-order valence-electron chi connectivity index (χ1n) is 7.20. The molecule has 0 saturated carbocycles. The van der Waals surface area contributed by atoms with Gasteiger partial charge in [0.1, 0.15) is 12.1 Å². The number of carbonyl (C=O) groups is 2. The van der Waals surface area contributed by atoms with Crippen molar-refractivity contribution in [3.63, 3.8) is 0 Å². The summed E-state index contributed by atoms with van der Waals surface area (Å²) >= 11 is 0. The minimum Gasteiger partial charge on any atom is -0.342 e. The van der Waals surface area contributed by atoms with Crippen LogP contribution in [0, 0.1) is 5.41 Å². The molecule has 0 radical (unpaired) electrons. The van der Waals surface area contributed by atoms with Crippen LogP contribution in [-0.4, -0.2) is 54.8 Å². The molecular formula is C14H26N2O4S. The van der Waals surface area contributed by atoms with Gasteiger partial charge in [0.15, 0.2) is 9.84 Å². The number of carbonyl (C=O) groups excluding carboxylic acids is 2. The third kappa shape index (κ3) is 3.96. The molecule has 0 bridgehead atoms. The van der Waals surface area contributed by atoms with Crippen LogP contribution in [0.5, 0.6) is 0 Å². The van der Waals surface area contributed by atoms with Gasteiger partial charge in [0.25, 0.3) is 0 Å². The summed E-state index contributed by atoms with van der Waals surface area (Å²) in [6.45, 7) is 10.5. The van der Waals surface area contributed by atoms with Gasteiger partial charge in [-0.15, -0.1) is 0 Å².